The van der Waals surface area contributed by atoms with Gasteiger partial charge in [0.05, 0.1) is 11.1 Å². The maximum absolute atomic E-state index is 11.1. The molecule has 1 saturated heterocycles. The predicted octanol–water partition coefficient (Wildman–Crippen LogP) is 1.72. The number of aromatic carboxylic acids is 1. The Balaban J connectivity index is 2.17. The maximum atomic E-state index is 11.1. The number of nitrogens with zero attached hydrogens (tertiary/aromatic N) is 3. The molecule has 1 aliphatic heterocycles. The van der Waals surface area contributed by atoms with Gasteiger partial charge in [0, 0.05) is 19.3 Å². The van der Waals surface area contributed by atoms with Crippen LogP contribution in [0.5, 0.6) is 0 Å². The largest absolute Gasteiger partial charge is 0.476 e. The number of aromatic nitrogens is 2. The molecule has 0 aliphatic carbocycles. The van der Waals surface area contributed by atoms with E-state index < -0.39 is 5.97 Å². The number of carbonyl (C=O) groups is 1. The molecule has 19 heavy (non-hydrogen) atoms. The first-order chi connectivity index (χ1) is 9.11. The highest BCUT2D eigenvalue weighted by Gasteiger charge is 2.25. The van der Waals surface area contributed by atoms with Crippen molar-refractivity contribution in [3.63, 3.8) is 0 Å². The molecule has 6 nitrogen and oxygen atoms in total. The summed E-state index contributed by atoms with van der Waals surface area (Å²) in [6.45, 7) is 5.35. The van der Waals surface area contributed by atoms with E-state index in [1.54, 1.807) is 0 Å². The summed E-state index contributed by atoms with van der Waals surface area (Å²) in [7, 11) is 0. The zero-order chi connectivity index (χ0) is 13.8. The Bertz CT molecular complexity index is 468. The molecule has 1 aromatic rings. The van der Waals surface area contributed by atoms with Crippen LogP contribution in [0.15, 0.2) is 10.7 Å². The maximum Gasteiger partial charge on any atom is 0.355 e. The SMILES string of the molecule is CCCN1CCOC(c2ncc(Br)c(C(=O)O)n2)C1. The molecule has 1 unspecified atom stereocenters. The Labute approximate surface area is 119 Å². The van der Waals surface area contributed by atoms with Crippen LogP contribution in [0, 0.1) is 0 Å². The minimum absolute atomic E-state index is 0.0267. The number of rotatable bonds is 4. The van der Waals surface area contributed by atoms with E-state index in [0.29, 0.717) is 23.4 Å². The van der Waals surface area contributed by atoms with Crippen molar-refractivity contribution in [3.8, 4) is 0 Å². The number of hydrogen-bond acceptors (Lipinski definition) is 5. The molecule has 1 atom stereocenters. The second-order valence-corrected chi connectivity index (χ2v) is 5.24. The Morgan fingerprint density at radius 2 is 2.47 bits per heavy atom. The fraction of sp³-hybridized carbons (Fsp3) is 0.583. The molecule has 1 fully saturated rings. The molecule has 1 aromatic heterocycles. The van der Waals surface area contributed by atoms with Gasteiger partial charge >= 0.3 is 5.97 Å². The van der Waals surface area contributed by atoms with Gasteiger partial charge in [0.2, 0.25) is 0 Å². The van der Waals surface area contributed by atoms with Crippen molar-refractivity contribution in [2.45, 2.75) is 19.4 Å². The van der Waals surface area contributed by atoms with Gasteiger partial charge in [-0.05, 0) is 28.9 Å². The quantitative estimate of drug-likeness (QED) is 0.906. The van der Waals surface area contributed by atoms with Crippen LogP contribution in [-0.2, 0) is 4.74 Å². The van der Waals surface area contributed by atoms with E-state index in [2.05, 4.69) is 37.7 Å². The first-order valence-corrected chi connectivity index (χ1v) is 7.00. The van der Waals surface area contributed by atoms with Crippen LogP contribution < -0.4 is 0 Å². The topological polar surface area (TPSA) is 75.5 Å². The minimum atomic E-state index is -1.07. The fourth-order valence-corrected chi connectivity index (χ4v) is 2.42. The summed E-state index contributed by atoms with van der Waals surface area (Å²) in [4.78, 5) is 21.6. The van der Waals surface area contributed by atoms with Crippen molar-refractivity contribution < 1.29 is 14.6 Å². The molecule has 0 radical (unpaired) electrons. The van der Waals surface area contributed by atoms with Crippen LogP contribution in [-0.4, -0.2) is 52.2 Å². The molecule has 0 bridgehead atoms. The number of morpholine rings is 1. The van der Waals surface area contributed by atoms with E-state index >= 15 is 0 Å². The molecule has 1 aliphatic rings. The molecule has 104 valence electrons. The number of carboxylic acid groups (broad SMARTS) is 1. The lowest BCUT2D eigenvalue weighted by molar-refractivity contribution is -0.0343. The van der Waals surface area contributed by atoms with Gasteiger partial charge in [-0.3, -0.25) is 4.90 Å². The average Bonchev–Trinajstić information content (AvgIpc) is 2.39. The van der Waals surface area contributed by atoms with Crippen LogP contribution in [0.25, 0.3) is 0 Å². The van der Waals surface area contributed by atoms with Crippen molar-refractivity contribution in [1.29, 1.82) is 0 Å². The fourth-order valence-electron chi connectivity index (χ4n) is 2.06. The van der Waals surface area contributed by atoms with Crippen LogP contribution in [0.3, 0.4) is 0 Å². The summed E-state index contributed by atoms with van der Waals surface area (Å²) in [5.74, 6) is -0.641. The number of hydrogen-bond donors (Lipinski definition) is 1. The van der Waals surface area contributed by atoms with Gasteiger partial charge in [-0.15, -0.1) is 0 Å². The van der Waals surface area contributed by atoms with E-state index in [0.717, 1.165) is 19.5 Å². The third kappa shape index (κ3) is 3.49. The third-order valence-electron chi connectivity index (χ3n) is 2.94. The molecular formula is C12H16BrN3O3. The molecule has 7 heteroatoms. The lowest BCUT2D eigenvalue weighted by Crippen LogP contribution is -2.39. The van der Waals surface area contributed by atoms with Crippen molar-refractivity contribution in [2.24, 2.45) is 0 Å². The molecule has 0 spiro atoms. The summed E-state index contributed by atoms with van der Waals surface area (Å²) >= 11 is 3.13. The summed E-state index contributed by atoms with van der Waals surface area (Å²) < 4.78 is 6.02. The molecule has 0 amide bonds. The second-order valence-electron chi connectivity index (χ2n) is 4.39. The van der Waals surface area contributed by atoms with Crippen molar-refractivity contribution in [2.75, 3.05) is 26.2 Å². The number of ether oxygens (including phenoxy) is 1. The van der Waals surface area contributed by atoms with E-state index in [1.807, 2.05) is 0 Å². The molecular weight excluding hydrogens is 314 g/mol. The van der Waals surface area contributed by atoms with Crippen LogP contribution in [0.2, 0.25) is 0 Å². The first-order valence-electron chi connectivity index (χ1n) is 6.21. The summed E-state index contributed by atoms with van der Waals surface area (Å²) in [6, 6.07) is 0. The molecule has 2 rings (SSSR count). The van der Waals surface area contributed by atoms with E-state index in [-0.39, 0.29) is 11.8 Å². The van der Waals surface area contributed by atoms with Crippen LogP contribution >= 0.6 is 15.9 Å². The van der Waals surface area contributed by atoms with Gasteiger partial charge in [-0.1, -0.05) is 6.92 Å². The molecule has 0 saturated carbocycles. The van der Waals surface area contributed by atoms with Gasteiger partial charge in [0.1, 0.15) is 6.10 Å². The summed E-state index contributed by atoms with van der Waals surface area (Å²) in [5, 5.41) is 9.05. The summed E-state index contributed by atoms with van der Waals surface area (Å²) in [6.07, 6.45) is 2.29. The molecule has 0 aromatic carbocycles. The monoisotopic (exact) mass is 329 g/mol. The zero-order valence-corrected chi connectivity index (χ0v) is 12.3. The number of halogens is 1. The van der Waals surface area contributed by atoms with Crippen molar-refractivity contribution in [3.05, 3.63) is 22.2 Å². The minimum Gasteiger partial charge on any atom is -0.476 e. The average molecular weight is 330 g/mol. The van der Waals surface area contributed by atoms with Crippen molar-refractivity contribution in [1.82, 2.24) is 14.9 Å². The Hall–Kier alpha value is -1.05. The van der Waals surface area contributed by atoms with Gasteiger partial charge < -0.3 is 9.84 Å². The van der Waals surface area contributed by atoms with Crippen molar-refractivity contribution >= 4 is 21.9 Å². The van der Waals surface area contributed by atoms with Gasteiger partial charge in [0.15, 0.2) is 11.5 Å². The highest BCUT2D eigenvalue weighted by molar-refractivity contribution is 9.10. The number of carboxylic acids is 1. The Kier molecular flexibility index (Phi) is 4.84. The Morgan fingerprint density at radius 3 is 3.16 bits per heavy atom. The molecule has 2 heterocycles. The Morgan fingerprint density at radius 1 is 1.68 bits per heavy atom. The highest BCUT2D eigenvalue weighted by Crippen LogP contribution is 2.22. The normalized spacial score (nSPS) is 20.4. The zero-order valence-electron chi connectivity index (χ0n) is 10.7. The van der Waals surface area contributed by atoms with E-state index in [9.17, 15) is 4.79 Å². The first kappa shape index (κ1) is 14.4. The lowest BCUT2D eigenvalue weighted by atomic mass is 10.2. The van der Waals surface area contributed by atoms with Gasteiger partial charge in [-0.2, -0.15) is 0 Å². The second kappa shape index (κ2) is 6.40. The van der Waals surface area contributed by atoms with Crippen LogP contribution in [0.4, 0.5) is 0 Å². The van der Waals surface area contributed by atoms with Gasteiger partial charge in [0.25, 0.3) is 0 Å². The standard InChI is InChI=1S/C12H16BrN3O3/c1-2-3-16-4-5-19-9(7-16)11-14-6-8(13)10(15-11)12(17)18/h6,9H,2-5,7H2,1H3,(H,17,18). The van der Waals surface area contributed by atoms with Gasteiger partial charge in [-0.25, -0.2) is 14.8 Å². The third-order valence-corrected chi connectivity index (χ3v) is 3.52. The van der Waals surface area contributed by atoms with Crippen LogP contribution in [0.1, 0.15) is 35.8 Å². The lowest BCUT2D eigenvalue weighted by Gasteiger charge is -2.31. The van der Waals surface area contributed by atoms with E-state index in [4.69, 9.17) is 9.84 Å². The van der Waals surface area contributed by atoms with E-state index in [1.165, 1.54) is 6.20 Å². The predicted molar refractivity (Wildman–Crippen MR) is 72.1 cm³/mol. The summed E-state index contributed by atoms with van der Waals surface area (Å²) in [5.41, 5.74) is -0.0267. The highest BCUT2D eigenvalue weighted by atomic mass is 79.9. The molecule has 1 N–H and O–H groups in total. The smallest absolute Gasteiger partial charge is 0.355 e.